The summed E-state index contributed by atoms with van der Waals surface area (Å²) in [6, 6.07) is 9.55. The summed E-state index contributed by atoms with van der Waals surface area (Å²) < 4.78 is 5.18. The number of nitrogens with zero attached hydrogens (tertiary/aromatic N) is 3. The van der Waals surface area contributed by atoms with Gasteiger partial charge >= 0.3 is 5.97 Å². The average Bonchev–Trinajstić information content (AvgIpc) is 2.88. The second kappa shape index (κ2) is 6.29. The van der Waals surface area contributed by atoms with E-state index in [1.807, 2.05) is 42.3 Å². The zero-order chi connectivity index (χ0) is 14.5. The first-order valence-electron chi connectivity index (χ1n) is 6.35. The van der Waals surface area contributed by atoms with Crippen LogP contribution in [0.5, 0.6) is 0 Å². The van der Waals surface area contributed by atoms with E-state index in [-0.39, 0.29) is 0 Å². The normalized spacial score (nSPS) is 12.6. The summed E-state index contributed by atoms with van der Waals surface area (Å²) in [5, 5.41) is 12.8. The zero-order valence-electron chi connectivity index (χ0n) is 11.5. The molecule has 0 spiro atoms. The Balaban J connectivity index is 1.98. The van der Waals surface area contributed by atoms with Gasteiger partial charge in [-0.15, -0.1) is 0 Å². The van der Waals surface area contributed by atoms with Gasteiger partial charge in [-0.2, -0.15) is 4.98 Å². The first kappa shape index (κ1) is 14.2. The molecule has 0 amide bonds. The Morgan fingerprint density at radius 3 is 2.75 bits per heavy atom. The van der Waals surface area contributed by atoms with E-state index in [0.717, 1.165) is 5.56 Å². The predicted octanol–water partition coefficient (Wildman–Crippen LogP) is 1.89. The summed E-state index contributed by atoms with van der Waals surface area (Å²) in [5.41, 5.74) is 0.893. The van der Waals surface area contributed by atoms with Crippen molar-refractivity contribution in [3.05, 3.63) is 36.2 Å². The smallest absolute Gasteiger partial charge is 0.307 e. The average molecular weight is 275 g/mol. The SMILES string of the molecule is CC(CN(C)Cc1nc(-c2ccccc2)no1)C(=O)O. The molecule has 0 bridgehead atoms. The Morgan fingerprint density at radius 1 is 1.40 bits per heavy atom. The Morgan fingerprint density at radius 2 is 2.10 bits per heavy atom. The number of carbonyl (C=O) groups is 1. The first-order valence-corrected chi connectivity index (χ1v) is 6.35. The lowest BCUT2D eigenvalue weighted by atomic mass is 10.2. The number of benzene rings is 1. The molecular weight excluding hydrogens is 258 g/mol. The van der Waals surface area contributed by atoms with Crippen LogP contribution in [-0.2, 0) is 11.3 Å². The van der Waals surface area contributed by atoms with Crippen LogP contribution in [0.25, 0.3) is 11.4 Å². The van der Waals surface area contributed by atoms with Gasteiger partial charge in [0.2, 0.25) is 11.7 Å². The number of carboxylic acid groups (broad SMARTS) is 1. The predicted molar refractivity (Wildman–Crippen MR) is 72.9 cm³/mol. The van der Waals surface area contributed by atoms with Gasteiger partial charge in [0, 0.05) is 12.1 Å². The van der Waals surface area contributed by atoms with Gasteiger partial charge in [0.25, 0.3) is 0 Å². The molecule has 0 aliphatic carbocycles. The molecule has 1 aromatic heterocycles. The molecule has 2 aromatic rings. The monoisotopic (exact) mass is 275 g/mol. The fourth-order valence-electron chi connectivity index (χ4n) is 1.86. The van der Waals surface area contributed by atoms with Crippen LogP contribution in [-0.4, -0.2) is 39.7 Å². The van der Waals surface area contributed by atoms with Crippen LogP contribution in [0.2, 0.25) is 0 Å². The largest absolute Gasteiger partial charge is 0.481 e. The molecule has 2 rings (SSSR count). The van der Waals surface area contributed by atoms with E-state index < -0.39 is 11.9 Å². The number of carboxylic acids is 1. The lowest BCUT2D eigenvalue weighted by Gasteiger charge is -2.16. The molecule has 1 N–H and O–H groups in total. The molecule has 0 radical (unpaired) electrons. The third-order valence-corrected chi connectivity index (χ3v) is 2.91. The van der Waals surface area contributed by atoms with Crippen molar-refractivity contribution < 1.29 is 14.4 Å². The van der Waals surface area contributed by atoms with Crippen molar-refractivity contribution in [1.82, 2.24) is 15.0 Å². The molecule has 106 valence electrons. The van der Waals surface area contributed by atoms with Gasteiger partial charge in [0.1, 0.15) is 0 Å². The molecule has 1 unspecified atom stereocenters. The number of hydrogen-bond donors (Lipinski definition) is 1. The van der Waals surface area contributed by atoms with Crippen LogP contribution in [0.15, 0.2) is 34.9 Å². The Kier molecular flexibility index (Phi) is 4.47. The number of rotatable bonds is 6. The summed E-state index contributed by atoms with van der Waals surface area (Å²) in [6.07, 6.45) is 0. The van der Waals surface area contributed by atoms with Crippen LogP contribution >= 0.6 is 0 Å². The molecule has 1 atom stereocenters. The van der Waals surface area contributed by atoms with Gasteiger partial charge in [-0.05, 0) is 7.05 Å². The molecule has 20 heavy (non-hydrogen) atoms. The summed E-state index contributed by atoms with van der Waals surface area (Å²) in [5.74, 6) is -0.229. The summed E-state index contributed by atoms with van der Waals surface area (Å²) in [6.45, 7) is 2.53. The van der Waals surface area contributed by atoms with Gasteiger partial charge in [-0.25, -0.2) is 0 Å². The van der Waals surface area contributed by atoms with Crippen molar-refractivity contribution in [2.75, 3.05) is 13.6 Å². The lowest BCUT2D eigenvalue weighted by molar-refractivity contribution is -0.141. The second-order valence-electron chi connectivity index (χ2n) is 4.81. The molecule has 0 saturated carbocycles. The van der Waals surface area contributed by atoms with E-state index in [2.05, 4.69) is 10.1 Å². The molecule has 0 aliphatic rings. The van der Waals surface area contributed by atoms with E-state index in [4.69, 9.17) is 9.63 Å². The van der Waals surface area contributed by atoms with Gasteiger partial charge in [-0.1, -0.05) is 42.4 Å². The Labute approximate surface area is 117 Å². The van der Waals surface area contributed by atoms with Gasteiger partial charge in [-0.3, -0.25) is 9.69 Å². The Hall–Kier alpha value is -2.21. The summed E-state index contributed by atoms with van der Waals surface area (Å²) in [7, 11) is 1.83. The van der Waals surface area contributed by atoms with Crippen molar-refractivity contribution in [3.63, 3.8) is 0 Å². The molecular formula is C14H17N3O3. The van der Waals surface area contributed by atoms with Crippen LogP contribution < -0.4 is 0 Å². The molecule has 6 nitrogen and oxygen atoms in total. The fourth-order valence-corrected chi connectivity index (χ4v) is 1.86. The van der Waals surface area contributed by atoms with E-state index in [0.29, 0.717) is 24.8 Å². The minimum absolute atomic E-state index is 0.428. The van der Waals surface area contributed by atoms with Gasteiger partial charge < -0.3 is 9.63 Å². The van der Waals surface area contributed by atoms with E-state index >= 15 is 0 Å². The van der Waals surface area contributed by atoms with Crippen molar-refractivity contribution in [1.29, 1.82) is 0 Å². The van der Waals surface area contributed by atoms with Gasteiger partial charge in [0.15, 0.2) is 0 Å². The van der Waals surface area contributed by atoms with Crippen molar-refractivity contribution in [3.8, 4) is 11.4 Å². The molecule has 1 aromatic carbocycles. The van der Waals surface area contributed by atoms with Crippen LogP contribution in [0, 0.1) is 5.92 Å². The van der Waals surface area contributed by atoms with Crippen LogP contribution in [0.3, 0.4) is 0 Å². The maximum atomic E-state index is 10.8. The third-order valence-electron chi connectivity index (χ3n) is 2.91. The van der Waals surface area contributed by atoms with Crippen LogP contribution in [0.1, 0.15) is 12.8 Å². The van der Waals surface area contributed by atoms with Gasteiger partial charge in [0.05, 0.1) is 12.5 Å². The number of hydrogen-bond acceptors (Lipinski definition) is 5. The highest BCUT2D eigenvalue weighted by atomic mass is 16.5. The maximum Gasteiger partial charge on any atom is 0.307 e. The molecule has 0 saturated heterocycles. The number of aromatic nitrogens is 2. The summed E-state index contributed by atoms with van der Waals surface area (Å²) >= 11 is 0. The van der Waals surface area contributed by atoms with Crippen molar-refractivity contribution >= 4 is 5.97 Å². The maximum absolute atomic E-state index is 10.8. The van der Waals surface area contributed by atoms with E-state index in [1.54, 1.807) is 6.92 Å². The highest BCUT2D eigenvalue weighted by Crippen LogP contribution is 2.15. The van der Waals surface area contributed by atoms with Crippen molar-refractivity contribution in [2.45, 2.75) is 13.5 Å². The minimum Gasteiger partial charge on any atom is -0.481 e. The highest BCUT2D eigenvalue weighted by molar-refractivity contribution is 5.69. The number of aliphatic carboxylic acids is 1. The van der Waals surface area contributed by atoms with Crippen molar-refractivity contribution in [2.24, 2.45) is 5.92 Å². The van der Waals surface area contributed by atoms with E-state index in [9.17, 15) is 4.79 Å². The Bertz CT molecular complexity index is 568. The van der Waals surface area contributed by atoms with E-state index in [1.165, 1.54) is 0 Å². The molecule has 0 aliphatic heterocycles. The molecule has 0 fully saturated rings. The molecule has 1 heterocycles. The first-order chi connectivity index (χ1) is 9.56. The lowest BCUT2D eigenvalue weighted by Crippen LogP contribution is -2.28. The zero-order valence-corrected chi connectivity index (χ0v) is 11.5. The quantitative estimate of drug-likeness (QED) is 0.867. The van der Waals surface area contributed by atoms with Crippen LogP contribution in [0.4, 0.5) is 0 Å². The minimum atomic E-state index is -0.813. The second-order valence-corrected chi connectivity index (χ2v) is 4.81. The topological polar surface area (TPSA) is 79.5 Å². The standard InChI is InChI=1S/C14H17N3O3/c1-10(14(18)19)8-17(2)9-12-15-13(16-20-12)11-6-4-3-5-7-11/h3-7,10H,8-9H2,1-2H3,(H,18,19). The summed E-state index contributed by atoms with van der Waals surface area (Å²) in [4.78, 5) is 17.0. The highest BCUT2D eigenvalue weighted by Gasteiger charge is 2.16. The third kappa shape index (κ3) is 3.64. The fraction of sp³-hybridized carbons (Fsp3) is 0.357. The molecule has 6 heteroatoms.